The first-order valence-corrected chi connectivity index (χ1v) is 13.1. The molecule has 0 radical (unpaired) electrons. The molecule has 0 unspecified atom stereocenters. The van der Waals surface area contributed by atoms with E-state index in [0.29, 0.717) is 40.4 Å². The Morgan fingerprint density at radius 3 is 2.78 bits per heavy atom. The molecule has 3 aromatic rings. The number of aliphatic imine (C=N–C) groups is 1. The smallest absolute Gasteiger partial charge is 0.257 e. The van der Waals surface area contributed by atoms with E-state index >= 15 is 0 Å². The van der Waals surface area contributed by atoms with Crippen LogP contribution in [0.1, 0.15) is 39.7 Å². The lowest BCUT2D eigenvalue weighted by molar-refractivity contribution is 0.0693. The Morgan fingerprint density at radius 2 is 2.08 bits per heavy atom. The Labute approximate surface area is 215 Å². The number of nitriles is 1. The average Bonchev–Trinajstić information content (AvgIpc) is 3.50. The van der Waals surface area contributed by atoms with Crippen LogP contribution in [0.4, 0.5) is 10.3 Å². The fourth-order valence-electron chi connectivity index (χ4n) is 4.49. The summed E-state index contributed by atoms with van der Waals surface area (Å²) in [5, 5.41) is 23.2. The van der Waals surface area contributed by atoms with Gasteiger partial charge in [0.15, 0.2) is 11.0 Å². The molecular weight excluding hydrogens is 499 g/mol. The monoisotopic (exact) mass is 522 g/mol. The van der Waals surface area contributed by atoms with E-state index in [1.54, 1.807) is 30.3 Å². The summed E-state index contributed by atoms with van der Waals surface area (Å²) in [4.78, 5) is 29.8. The number of aromatic nitrogens is 2. The summed E-state index contributed by atoms with van der Waals surface area (Å²) in [6.07, 6.45) is 1.08. The molecule has 0 aliphatic carbocycles. The van der Waals surface area contributed by atoms with Crippen LogP contribution >= 0.6 is 23.1 Å². The quantitative estimate of drug-likeness (QED) is 0.538. The summed E-state index contributed by atoms with van der Waals surface area (Å²) >= 11 is 2.84. The van der Waals surface area contributed by atoms with Gasteiger partial charge < -0.3 is 15.3 Å². The number of hydrogen-bond donors (Lipinski definition) is 2. The maximum Gasteiger partial charge on any atom is 0.257 e. The van der Waals surface area contributed by atoms with Crippen LogP contribution in [0.3, 0.4) is 0 Å². The lowest BCUT2D eigenvalue weighted by Gasteiger charge is -2.34. The first-order chi connectivity index (χ1) is 17.2. The largest absolute Gasteiger partial charge is 0.384 e. The van der Waals surface area contributed by atoms with E-state index in [1.807, 2.05) is 17.0 Å². The molecule has 1 saturated heterocycles. The van der Waals surface area contributed by atoms with Crippen molar-refractivity contribution in [3.8, 4) is 6.07 Å². The van der Waals surface area contributed by atoms with Crippen LogP contribution in [0.25, 0.3) is 0 Å². The molecule has 2 aliphatic heterocycles. The van der Waals surface area contributed by atoms with Crippen molar-refractivity contribution in [3.05, 3.63) is 75.5 Å². The third-order valence-electron chi connectivity index (χ3n) is 6.26. The van der Waals surface area contributed by atoms with Crippen molar-refractivity contribution >= 4 is 40.1 Å². The summed E-state index contributed by atoms with van der Waals surface area (Å²) in [6.45, 7) is 3.88. The van der Waals surface area contributed by atoms with Crippen molar-refractivity contribution in [1.82, 2.24) is 15.3 Å². The van der Waals surface area contributed by atoms with Crippen molar-refractivity contribution in [3.63, 3.8) is 0 Å². The SMILES string of the molecule is CC(C)(O)c1nc(N2C[C@H]3CSC(NC(=O)c4ccccc4)=N[C@@]3(c3ccc(C#N)s3)C2)ncc1F. The number of fused-ring (bicyclic) bond motifs is 1. The molecule has 8 nitrogen and oxygen atoms in total. The second-order valence-electron chi connectivity index (χ2n) is 9.25. The summed E-state index contributed by atoms with van der Waals surface area (Å²) in [5.41, 5.74) is -1.75. The molecule has 1 aromatic carbocycles. The van der Waals surface area contributed by atoms with Gasteiger partial charge in [-0.3, -0.25) is 4.79 Å². The molecule has 36 heavy (non-hydrogen) atoms. The number of halogens is 1. The number of carbonyl (C=O) groups excluding carboxylic acids is 1. The molecule has 2 aliphatic rings. The molecular formula is C25H23FN6O2S2. The van der Waals surface area contributed by atoms with Crippen LogP contribution in [0, 0.1) is 23.1 Å². The van der Waals surface area contributed by atoms with E-state index in [9.17, 15) is 19.6 Å². The summed E-state index contributed by atoms with van der Waals surface area (Å²) in [5.74, 6) is 0.0858. The molecule has 1 amide bonds. The third-order valence-corrected chi connectivity index (χ3v) is 8.46. The average molecular weight is 523 g/mol. The molecule has 11 heteroatoms. The molecule has 1 fully saturated rings. The van der Waals surface area contributed by atoms with Gasteiger partial charge in [-0.15, -0.1) is 11.3 Å². The Bertz CT molecular complexity index is 1380. The number of aliphatic hydroxyl groups is 1. The number of amidine groups is 1. The van der Waals surface area contributed by atoms with Crippen LogP contribution < -0.4 is 10.2 Å². The third kappa shape index (κ3) is 4.48. The highest BCUT2D eigenvalue weighted by Crippen LogP contribution is 2.48. The zero-order chi connectivity index (χ0) is 25.5. The predicted molar refractivity (Wildman–Crippen MR) is 137 cm³/mol. The van der Waals surface area contributed by atoms with E-state index in [2.05, 4.69) is 21.4 Å². The maximum atomic E-state index is 14.3. The molecule has 0 spiro atoms. The van der Waals surface area contributed by atoms with Gasteiger partial charge in [0.1, 0.15) is 27.8 Å². The van der Waals surface area contributed by atoms with E-state index in [4.69, 9.17) is 4.99 Å². The van der Waals surface area contributed by atoms with Gasteiger partial charge >= 0.3 is 0 Å². The van der Waals surface area contributed by atoms with Gasteiger partial charge in [-0.25, -0.2) is 19.4 Å². The minimum absolute atomic E-state index is 0.0318. The van der Waals surface area contributed by atoms with Crippen LogP contribution in [0.5, 0.6) is 0 Å². The molecule has 2 atom stereocenters. The number of nitrogens with one attached hydrogen (secondary N) is 1. The first-order valence-electron chi connectivity index (χ1n) is 11.3. The van der Waals surface area contributed by atoms with Crippen LogP contribution in [-0.2, 0) is 11.1 Å². The van der Waals surface area contributed by atoms with Crippen molar-refractivity contribution in [2.45, 2.75) is 25.0 Å². The van der Waals surface area contributed by atoms with Gasteiger partial charge in [0.05, 0.1) is 12.7 Å². The number of thiophene rings is 1. The van der Waals surface area contributed by atoms with Crippen LogP contribution in [0.2, 0.25) is 0 Å². The fraction of sp³-hybridized carbons (Fsp3) is 0.320. The molecule has 2 aromatic heterocycles. The van der Waals surface area contributed by atoms with Gasteiger partial charge in [-0.1, -0.05) is 30.0 Å². The number of thioether (sulfide) groups is 1. The standard InChI is InChI=1S/C25H23FN6O2S2/c1-24(2,34)20-18(26)11-28-22(29-20)32-12-16-13-35-23(30-21(33)15-6-4-3-5-7-15)31-25(16,14-32)19-9-8-17(10-27)36-19/h3-9,11,16,34H,12-14H2,1-2H3,(H,30,31,33)/t16-,25-/m0/s1. The van der Waals surface area contributed by atoms with E-state index in [1.165, 1.54) is 36.9 Å². The van der Waals surface area contributed by atoms with Crippen LogP contribution in [0.15, 0.2) is 53.7 Å². The topological polar surface area (TPSA) is 115 Å². The van der Waals surface area contributed by atoms with Crippen molar-refractivity contribution < 1.29 is 14.3 Å². The number of nitrogens with zero attached hydrogens (tertiary/aromatic N) is 5. The Kier molecular flexibility index (Phi) is 6.28. The van der Waals surface area contributed by atoms with E-state index in [0.717, 1.165) is 11.1 Å². The summed E-state index contributed by atoms with van der Waals surface area (Å²) in [7, 11) is 0. The minimum atomic E-state index is -1.47. The second-order valence-corrected chi connectivity index (χ2v) is 11.3. The number of rotatable bonds is 4. The highest BCUT2D eigenvalue weighted by Gasteiger charge is 2.52. The fourth-order valence-corrected chi connectivity index (χ4v) is 6.63. The highest BCUT2D eigenvalue weighted by atomic mass is 32.2. The van der Waals surface area contributed by atoms with Crippen LogP contribution in [-0.4, -0.2) is 45.0 Å². The lowest BCUT2D eigenvalue weighted by Crippen LogP contribution is -2.42. The van der Waals surface area contributed by atoms with Gasteiger partial charge in [0.25, 0.3) is 5.91 Å². The molecule has 4 heterocycles. The molecule has 2 N–H and O–H groups in total. The Morgan fingerprint density at radius 1 is 1.31 bits per heavy atom. The number of amides is 1. The molecule has 0 bridgehead atoms. The number of benzene rings is 1. The zero-order valence-corrected chi connectivity index (χ0v) is 21.2. The zero-order valence-electron chi connectivity index (χ0n) is 19.6. The second kappa shape index (κ2) is 9.28. The van der Waals surface area contributed by atoms with Gasteiger partial charge in [0, 0.05) is 28.7 Å². The Balaban J connectivity index is 1.52. The maximum absolute atomic E-state index is 14.3. The normalized spacial score (nSPS) is 21.5. The number of hydrogen-bond acceptors (Lipinski definition) is 9. The van der Waals surface area contributed by atoms with E-state index < -0.39 is 17.0 Å². The van der Waals surface area contributed by atoms with Crippen molar-refractivity contribution in [2.24, 2.45) is 10.9 Å². The Hall–Kier alpha value is -3.33. The lowest BCUT2D eigenvalue weighted by atomic mass is 9.87. The summed E-state index contributed by atoms with van der Waals surface area (Å²) < 4.78 is 14.3. The van der Waals surface area contributed by atoms with E-state index in [-0.39, 0.29) is 17.5 Å². The first kappa shape index (κ1) is 24.4. The van der Waals surface area contributed by atoms with Gasteiger partial charge in [0.2, 0.25) is 5.95 Å². The predicted octanol–water partition coefficient (Wildman–Crippen LogP) is 3.64. The minimum Gasteiger partial charge on any atom is -0.384 e. The molecule has 0 saturated carbocycles. The van der Waals surface area contributed by atoms with Gasteiger partial charge in [-0.05, 0) is 38.1 Å². The van der Waals surface area contributed by atoms with Gasteiger partial charge in [-0.2, -0.15) is 5.26 Å². The van der Waals surface area contributed by atoms with Crippen molar-refractivity contribution in [2.75, 3.05) is 23.7 Å². The number of anilines is 1. The number of carbonyl (C=O) groups is 1. The highest BCUT2D eigenvalue weighted by molar-refractivity contribution is 8.13. The van der Waals surface area contributed by atoms with Crippen molar-refractivity contribution in [1.29, 1.82) is 5.26 Å². The summed E-state index contributed by atoms with van der Waals surface area (Å²) in [6, 6.07) is 14.8. The molecule has 184 valence electrons. The molecule has 5 rings (SSSR count).